The number of sulfonamides is 1. The van der Waals surface area contributed by atoms with Gasteiger partial charge in [0, 0.05) is 5.88 Å². The summed E-state index contributed by atoms with van der Waals surface area (Å²) in [6.45, 7) is 0. The number of para-hydroxylation sites is 1. The highest BCUT2D eigenvalue weighted by Crippen LogP contribution is 2.20. The molecule has 0 saturated heterocycles. The Kier molecular flexibility index (Phi) is 3.87. The first-order valence-electron chi connectivity index (χ1n) is 3.91. The quantitative estimate of drug-likeness (QED) is 0.840. The molecule has 7 heteroatoms. The van der Waals surface area contributed by atoms with Crippen LogP contribution >= 0.6 is 11.6 Å². The third kappa shape index (κ3) is 3.04. The Morgan fingerprint density at radius 3 is 2.47 bits per heavy atom. The van der Waals surface area contributed by atoms with Crippen LogP contribution in [0.4, 0.5) is 14.5 Å². The topological polar surface area (TPSA) is 46.2 Å². The number of alkyl halides is 3. The van der Waals surface area contributed by atoms with Gasteiger partial charge in [-0.15, -0.1) is 11.6 Å². The van der Waals surface area contributed by atoms with Crippen LogP contribution in [0.5, 0.6) is 0 Å². The van der Waals surface area contributed by atoms with Gasteiger partial charge in [0.15, 0.2) is 0 Å². The zero-order valence-corrected chi connectivity index (χ0v) is 9.02. The molecule has 3 nitrogen and oxygen atoms in total. The molecule has 0 saturated carbocycles. The Morgan fingerprint density at radius 1 is 1.33 bits per heavy atom. The normalized spacial score (nSPS) is 11.7. The van der Waals surface area contributed by atoms with E-state index in [0.717, 1.165) is 0 Å². The van der Waals surface area contributed by atoms with Crippen molar-refractivity contribution in [2.75, 3.05) is 4.72 Å². The van der Waals surface area contributed by atoms with E-state index in [2.05, 4.69) is 0 Å². The summed E-state index contributed by atoms with van der Waals surface area (Å²) in [4.78, 5) is 0. The van der Waals surface area contributed by atoms with Crippen LogP contribution in [0.1, 0.15) is 5.56 Å². The summed E-state index contributed by atoms with van der Waals surface area (Å²) in [5.41, 5.74) is 0.524. The maximum absolute atomic E-state index is 12.1. The Hall–Kier alpha value is -0.880. The summed E-state index contributed by atoms with van der Waals surface area (Å²) < 4.78 is 47.6. The molecule has 0 bridgehead atoms. The van der Waals surface area contributed by atoms with Crippen molar-refractivity contribution in [2.24, 2.45) is 0 Å². The molecule has 0 aliphatic carbocycles. The van der Waals surface area contributed by atoms with E-state index in [1.807, 2.05) is 0 Å². The summed E-state index contributed by atoms with van der Waals surface area (Å²) in [7, 11) is -4.63. The Morgan fingerprint density at radius 2 is 1.93 bits per heavy atom. The summed E-state index contributed by atoms with van der Waals surface area (Å²) in [5.74, 6) is -3.41. The minimum Gasteiger partial charge on any atom is -0.278 e. The van der Waals surface area contributed by atoms with Crippen LogP contribution in [-0.2, 0) is 15.9 Å². The molecule has 0 aromatic heterocycles. The van der Waals surface area contributed by atoms with Crippen molar-refractivity contribution < 1.29 is 17.2 Å². The highest BCUT2D eigenvalue weighted by Gasteiger charge is 2.24. The van der Waals surface area contributed by atoms with Crippen LogP contribution in [0.2, 0.25) is 0 Å². The molecule has 84 valence electrons. The molecule has 0 amide bonds. The number of hydrogen-bond donors (Lipinski definition) is 1. The van der Waals surface area contributed by atoms with Gasteiger partial charge in [-0.1, -0.05) is 18.2 Å². The summed E-state index contributed by atoms with van der Waals surface area (Å²) in [5, 5.41) is 0. The van der Waals surface area contributed by atoms with Crippen LogP contribution < -0.4 is 4.72 Å². The number of nitrogens with one attached hydrogen (secondary N) is 1. The number of halogens is 3. The van der Waals surface area contributed by atoms with Gasteiger partial charge >= 0.3 is 5.76 Å². The lowest BCUT2D eigenvalue weighted by Gasteiger charge is -2.09. The van der Waals surface area contributed by atoms with E-state index in [-0.39, 0.29) is 11.6 Å². The monoisotopic (exact) mass is 255 g/mol. The highest BCUT2D eigenvalue weighted by atomic mass is 35.5. The predicted molar refractivity (Wildman–Crippen MR) is 54.5 cm³/mol. The molecular weight excluding hydrogens is 248 g/mol. The molecule has 0 atom stereocenters. The van der Waals surface area contributed by atoms with E-state index >= 15 is 0 Å². The minimum absolute atomic E-state index is 0.0436. The molecule has 1 rings (SSSR count). The second-order valence-corrected chi connectivity index (χ2v) is 4.62. The first-order valence-corrected chi connectivity index (χ1v) is 5.99. The number of hydrogen-bond acceptors (Lipinski definition) is 2. The van der Waals surface area contributed by atoms with Gasteiger partial charge in [-0.25, -0.2) is 8.42 Å². The largest absolute Gasteiger partial charge is 0.355 e. The van der Waals surface area contributed by atoms with E-state index in [0.29, 0.717) is 5.56 Å². The van der Waals surface area contributed by atoms with Crippen molar-refractivity contribution in [1.82, 2.24) is 0 Å². The molecule has 15 heavy (non-hydrogen) atoms. The lowest BCUT2D eigenvalue weighted by molar-refractivity contribution is 0.236. The Balaban J connectivity index is 3.00. The van der Waals surface area contributed by atoms with E-state index < -0.39 is 15.8 Å². The van der Waals surface area contributed by atoms with E-state index in [1.165, 1.54) is 12.1 Å². The van der Waals surface area contributed by atoms with Crippen LogP contribution in [0.15, 0.2) is 24.3 Å². The molecule has 0 heterocycles. The molecule has 0 spiro atoms. The third-order valence-corrected chi connectivity index (χ3v) is 2.91. The fourth-order valence-corrected chi connectivity index (χ4v) is 1.76. The van der Waals surface area contributed by atoms with Gasteiger partial charge in [0.05, 0.1) is 5.69 Å². The summed E-state index contributed by atoms with van der Waals surface area (Å²) in [6.07, 6.45) is 0. The van der Waals surface area contributed by atoms with Gasteiger partial charge in [0.2, 0.25) is 0 Å². The predicted octanol–water partition coefficient (Wildman–Crippen LogP) is 2.39. The first kappa shape index (κ1) is 12.2. The van der Waals surface area contributed by atoms with Gasteiger partial charge in [-0.2, -0.15) is 8.78 Å². The fraction of sp³-hybridized carbons (Fsp3) is 0.250. The SMILES string of the molecule is O=S(=O)(Nc1ccccc1CCl)C(F)F. The summed E-state index contributed by atoms with van der Waals surface area (Å²) >= 11 is 5.52. The number of benzene rings is 1. The average Bonchev–Trinajstić information content (AvgIpc) is 2.18. The lowest BCUT2D eigenvalue weighted by atomic mass is 10.2. The smallest absolute Gasteiger partial charge is 0.278 e. The molecule has 1 aromatic carbocycles. The van der Waals surface area contributed by atoms with Gasteiger partial charge in [-0.3, -0.25) is 4.72 Å². The third-order valence-electron chi connectivity index (χ3n) is 1.65. The van der Waals surface area contributed by atoms with Crippen molar-refractivity contribution in [3.63, 3.8) is 0 Å². The number of rotatable bonds is 4. The highest BCUT2D eigenvalue weighted by molar-refractivity contribution is 7.93. The molecule has 0 aliphatic rings. The maximum Gasteiger partial charge on any atom is 0.355 e. The average molecular weight is 256 g/mol. The Labute approximate surface area is 91.1 Å². The van der Waals surface area contributed by atoms with Gasteiger partial charge < -0.3 is 0 Å². The van der Waals surface area contributed by atoms with E-state index in [1.54, 1.807) is 16.9 Å². The van der Waals surface area contributed by atoms with Gasteiger partial charge in [0.25, 0.3) is 10.0 Å². The second-order valence-electron chi connectivity index (χ2n) is 2.70. The van der Waals surface area contributed by atoms with Gasteiger partial charge in [-0.05, 0) is 11.6 Å². The van der Waals surface area contributed by atoms with Crippen LogP contribution in [0.25, 0.3) is 0 Å². The lowest BCUT2D eigenvalue weighted by Crippen LogP contribution is -2.21. The van der Waals surface area contributed by atoms with E-state index in [9.17, 15) is 17.2 Å². The summed E-state index contributed by atoms with van der Waals surface area (Å²) in [6, 6.07) is 6.09. The minimum atomic E-state index is -4.63. The zero-order chi connectivity index (χ0) is 11.5. The van der Waals surface area contributed by atoms with Gasteiger partial charge in [0.1, 0.15) is 0 Å². The molecule has 0 aliphatic heterocycles. The van der Waals surface area contributed by atoms with Crippen molar-refractivity contribution in [3.05, 3.63) is 29.8 Å². The molecule has 0 fully saturated rings. The molecule has 1 N–H and O–H groups in total. The van der Waals surface area contributed by atoms with Crippen molar-refractivity contribution in [3.8, 4) is 0 Å². The fourth-order valence-electron chi connectivity index (χ4n) is 0.934. The van der Waals surface area contributed by atoms with Crippen molar-refractivity contribution >= 4 is 27.3 Å². The standard InChI is InChI=1S/C8H8ClF2NO2S/c9-5-6-3-1-2-4-7(6)12-15(13,14)8(10)11/h1-4,8,12H,5H2. The van der Waals surface area contributed by atoms with Crippen molar-refractivity contribution in [2.45, 2.75) is 11.6 Å². The van der Waals surface area contributed by atoms with E-state index in [4.69, 9.17) is 11.6 Å². The molecule has 0 radical (unpaired) electrons. The van der Waals surface area contributed by atoms with Crippen molar-refractivity contribution in [1.29, 1.82) is 0 Å². The molecule has 1 aromatic rings. The maximum atomic E-state index is 12.1. The van der Waals surface area contributed by atoms with Crippen LogP contribution in [0, 0.1) is 0 Å². The van der Waals surface area contributed by atoms with Crippen LogP contribution in [-0.4, -0.2) is 14.2 Å². The Bertz CT molecular complexity index is 436. The van der Waals surface area contributed by atoms with Crippen LogP contribution in [0.3, 0.4) is 0 Å². The first-order chi connectivity index (χ1) is 6.97. The second kappa shape index (κ2) is 4.76. The molecular formula is C8H8ClF2NO2S. The zero-order valence-electron chi connectivity index (χ0n) is 7.45. The number of anilines is 1. The molecule has 0 unspecified atom stereocenters.